The van der Waals surface area contributed by atoms with Crippen molar-refractivity contribution in [2.24, 2.45) is 4.99 Å². The number of amidine groups is 1. The monoisotopic (exact) mass is 332 g/mol. The van der Waals surface area contributed by atoms with Gasteiger partial charge in [0.2, 0.25) is 0 Å². The van der Waals surface area contributed by atoms with Crippen LogP contribution in [-0.4, -0.2) is 22.5 Å². The summed E-state index contributed by atoms with van der Waals surface area (Å²) >= 11 is 7.22. The molecule has 1 aromatic carbocycles. The lowest BCUT2D eigenvalue weighted by Gasteiger charge is -2.11. The van der Waals surface area contributed by atoms with E-state index in [0.717, 1.165) is 5.69 Å². The average Bonchev–Trinajstić information content (AvgIpc) is 3.11. The maximum atomic E-state index is 12.4. The molecule has 1 aromatic heterocycles. The van der Waals surface area contributed by atoms with Crippen LogP contribution in [0.2, 0.25) is 5.02 Å². The number of likely N-dealkylation sites (N-methyl/N-ethyl adjacent to an activating group) is 1. The van der Waals surface area contributed by atoms with Gasteiger partial charge in [-0.15, -0.1) is 0 Å². The van der Waals surface area contributed by atoms with E-state index in [1.807, 2.05) is 25.1 Å². The highest BCUT2D eigenvalue weighted by atomic mass is 35.5. The summed E-state index contributed by atoms with van der Waals surface area (Å²) in [6, 6.07) is 10.8. The van der Waals surface area contributed by atoms with E-state index in [4.69, 9.17) is 16.0 Å². The van der Waals surface area contributed by atoms with Gasteiger partial charge in [0.15, 0.2) is 5.17 Å². The first-order chi connectivity index (χ1) is 10.7. The Morgan fingerprint density at radius 1 is 1.32 bits per heavy atom. The van der Waals surface area contributed by atoms with Crippen LogP contribution < -0.4 is 0 Å². The minimum Gasteiger partial charge on any atom is -0.465 e. The highest BCUT2D eigenvalue weighted by Gasteiger charge is 2.32. The molecular formula is C16H13ClN2O2S. The SMILES string of the molecule is CCN1C(=O)/C(=C\c2ccco2)SC1=Nc1ccc(Cl)cc1. The van der Waals surface area contributed by atoms with Crippen molar-refractivity contribution in [3.8, 4) is 0 Å². The maximum absolute atomic E-state index is 12.4. The minimum absolute atomic E-state index is 0.0587. The number of aliphatic imine (C=N–C) groups is 1. The first-order valence-corrected chi connectivity index (χ1v) is 7.96. The van der Waals surface area contributed by atoms with Crippen molar-refractivity contribution < 1.29 is 9.21 Å². The molecular weight excluding hydrogens is 320 g/mol. The van der Waals surface area contributed by atoms with E-state index in [0.29, 0.717) is 27.4 Å². The number of carbonyl (C=O) groups excluding carboxylic acids is 1. The lowest BCUT2D eigenvalue weighted by molar-refractivity contribution is -0.122. The van der Waals surface area contributed by atoms with Gasteiger partial charge in [0.1, 0.15) is 5.76 Å². The fourth-order valence-electron chi connectivity index (χ4n) is 2.00. The molecule has 1 saturated heterocycles. The lowest BCUT2D eigenvalue weighted by atomic mass is 10.3. The third-order valence-electron chi connectivity index (χ3n) is 3.07. The number of nitrogens with zero attached hydrogens (tertiary/aromatic N) is 2. The van der Waals surface area contributed by atoms with Gasteiger partial charge in [-0.1, -0.05) is 11.6 Å². The molecule has 1 aliphatic rings. The van der Waals surface area contributed by atoms with Crippen molar-refractivity contribution in [3.63, 3.8) is 0 Å². The number of rotatable bonds is 3. The molecule has 0 atom stereocenters. The van der Waals surface area contributed by atoms with Crippen LogP contribution >= 0.6 is 23.4 Å². The van der Waals surface area contributed by atoms with Gasteiger partial charge in [-0.2, -0.15) is 0 Å². The van der Waals surface area contributed by atoms with Crippen LogP contribution in [0.5, 0.6) is 0 Å². The summed E-state index contributed by atoms with van der Waals surface area (Å²) in [5, 5.41) is 1.32. The zero-order chi connectivity index (χ0) is 15.5. The highest BCUT2D eigenvalue weighted by molar-refractivity contribution is 8.18. The van der Waals surface area contributed by atoms with Gasteiger partial charge in [0.05, 0.1) is 16.9 Å². The summed E-state index contributed by atoms with van der Waals surface area (Å²) < 4.78 is 5.26. The number of carbonyl (C=O) groups is 1. The van der Waals surface area contributed by atoms with Crippen molar-refractivity contribution in [1.29, 1.82) is 0 Å². The van der Waals surface area contributed by atoms with Crippen LogP contribution in [0.25, 0.3) is 6.08 Å². The Bertz CT molecular complexity index is 736. The Hall–Kier alpha value is -1.98. The predicted molar refractivity (Wildman–Crippen MR) is 90.2 cm³/mol. The molecule has 0 bridgehead atoms. The Morgan fingerprint density at radius 3 is 2.73 bits per heavy atom. The molecule has 0 saturated carbocycles. The smallest absolute Gasteiger partial charge is 0.266 e. The van der Waals surface area contributed by atoms with E-state index in [1.54, 1.807) is 35.4 Å². The number of hydrogen-bond acceptors (Lipinski definition) is 4. The second-order valence-corrected chi connectivity index (χ2v) is 5.99. The summed E-state index contributed by atoms with van der Waals surface area (Å²) in [6.45, 7) is 2.49. The van der Waals surface area contributed by atoms with Gasteiger partial charge in [0, 0.05) is 17.6 Å². The van der Waals surface area contributed by atoms with Crippen molar-refractivity contribution in [2.75, 3.05) is 6.54 Å². The lowest BCUT2D eigenvalue weighted by Crippen LogP contribution is -2.28. The Kier molecular flexibility index (Phi) is 4.36. The van der Waals surface area contributed by atoms with Crippen LogP contribution in [0.4, 0.5) is 5.69 Å². The summed E-state index contributed by atoms with van der Waals surface area (Å²) in [5.41, 5.74) is 0.761. The molecule has 1 fully saturated rings. The molecule has 0 radical (unpaired) electrons. The molecule has 0 spiro atoms. The van der Waals surface area contributed by atoms with Crippen molar-refractivity contribution in [2.45, 2.75) is 6.92 Å². The van der Waals surface area contributed by atoms with Crippen molar-refractivity contribution in [3.05, 3.63) is 58.3 Å². The molecule has 2 heterocycles. The van der Waals surface area contributed by atoms with E-state index in [2.05, 4.69) is 4.99 Å². The van der Waals surface area contributed by atoms with E-state index < -0.39 is 0 Å². The molecule has 6 heteroatoms. The molecule has 2 aromatic rings. The molecule has 112 valence electrons. The molecule has 3 rings (SSSR count). The van der Waals surface area contributed by atoms with Crippen molar-refractivity contribution in [1.82, 2.24) is 4.90 Å². The fraction of sp³-hybridized carbons (Fsp3) is 0.125. The van der Waals surface area contributed by atoms with Gasteiger partial charge in [-0.25, -0.2) is 4.99 Å². The number of thioether (sulfide) groups is 1. The molecule has 4 nitrogen and oxygen atoms in total. The van der Waals surface area contributed by atoms with Gasteiger partial charge < -0.3 is 4.42 Å². The maximum Gasteiger partial charge on any atom is 0.266 e. The third kappa shape index (κ3) is 3.10. The number of benzene rings is 1. The van der Waals surface area contributed by atoms with Gasteiger partial charge >= 0.3 is 0 Å². The van der Waals surface area contributed by atoms with Crippen LogP contribution in [-0.2, 0) is 4.79 Å². The number of hydrogen-bond donors (Lipinski definition) is 0. The van der Waals surface area contributed by atoms with Crippen molar-refractivity contribution >= 4 is 46.2 Å². The first-order valence-electron chi connectivity index (χ1n) is 6.76. The van der Waals surface area contributed by atoms with E-state index in [1.165, 1.54) is 11.8 Å². The number of amides is 1. The van der Waals surface area contributed by atoms with Crippen LogP contribution in [0, 0.1) is 0 Å². The summed E-state index contributed by atoms with van der Waals surface area (Å²) in [7, 11) is 0. The zero-order valence-corrected chi connectivity index (χ0v) is 13.4. The Labute approximate surface area is 137 Å². The van der Waals surface area contributed by atoms with E-state index in [9.17, 15) is 4.79 Å². The van der Waals surface area contributed by atoms with Gasteiger partial charge in [-0.3, -0.25) is 9.69 Å². The standard InChI is InChI=1S/C16H13ClN2O2S/c1-2-19-15(20)14(10-13-4-3-9-21-13)22-16(19)18-12-7-5-11(17)6-8-12/h3-10H,2H2,1H3/b14-10+,18-16?. The topological polar surface area (TPSA) is 45.8 Å². The fourth-order valence-corrected chi connectivity index (χ4v) is 3.17. The van der Waals surface area contributed by atoms with Crippen LogP contribution in [0.1, 0.15) is 12.7 Å². The minimum atomic E-state index is -0.0587. The number of furan rings is 1. The Morgan fingerprint density at radius 2 is 2.09 bits per heavy atom. The highest BCUT2D eigenvalue weighted by Crippen LogP contribution is 2.34. The molecule has 0 aliphatic carbocycles. The molecule has 1 aliphatic heterocycles. The molecule has 0 N–H and O–H groups in total. The number of halogens is 1. The predicted octanol–water partition coefficient (Wildman–Crippen LogP) is 4.56. The second-order valence-electron chi connectivity index (χ2n) is 4.55. The summed E-state index contributed by atoms with van der Waals surface area (Å²) in [5.74, 6) is 0.594. The first kappa shape index (κ1) is 14.9. The normalized spacial score (nSPS) is 18.6. The molecule has 22 heavy (non-hydrogen) atoms. The van der Waals surface area contributed by atoms with Gasteiger partial charge in [0.25, 0.3) is 5.91 Å². The molecule has 1 amide bonds. The summed E-state index contributed by atoms with van der Waals surface area (Å²) in [6.07, 6.45) is 3.32. The summed E-state index contributed by atoms with van der Waals surface area (Å²) in [4.78, 5) is 19.2. The van der Waals surface area contributed by atoms with Crippen LogP contribution in [0.15, 0.2) is 57.0 Å². The van der Waals surface area contributed by atoms with E-state index >= 15 is 0 Å². The third-order valence-corrected chi connectivity index (χ3v) is 4.33. The average molecular weight is 333 g/mol. The van der Waals surface area contributed by atoms with E-state index in [-0.39, 0.29) is 5.91 Å². The largest absolute Gasteiger partial charge is 0.465 e. The zero-order valence-electron chi connectivity index (χ0n) is 11.8. The quantitative estimate of drug-likeness (QED) is 0.774. The molecule has 0 unspecified atom stereocenters. The Balaban J connectivity index is 1.91. The van der Waals surface area contributed by atoms with Gasteiger partial charge in [-0.05, 0) is 55.1 Å². The van der Waals surface area contributed by atoms with Crippen LogP contribution in [0.3, 0.4) is 0 Å². The second kappa shape index (κ2) is 6.42.